The maximum absolute atomic E-state index is 12.3. The van der Waals surface area contributed by atoms with Gasteiger partial charge < -0.3 is 10.4 Å². The largest absolute Gasteiger partial charge is 0.478 e. The van der Waals surface area contributed by atoms with Gasteiger partial charge in [-0.05, 0) is 35.7 Å². The first-order chi connectivity index (χ1) is 10.8. The van der Waals surface area contributed by atoms with Crippen LogP contribution in [0.2, 0.25) is 0 Å². The van der Waals surface area contributed by atoms with E-state index in [1.165, 1.54) is 0 Å². The zero-order valence-corrected chi connectivity index (χ0v) is 13.3. The lowest BCUT2D eigenvalue weighted by Gasteiger charge is -2.21. The van der Waals surface area contributed by atoms with Crippen molar-refractivity contribution in [3.05, 3.63) is 47.5 Å². The fourth-order valence-corrected chi connectivity index (χ4v) is 2.68. The lowest BCUT2D eigenvalue weighted by Crippen LogP contribution is -2.41. The first-order valence-corrected chi connectivity index (χ1v) is 7.50. The van der Waals surface area contributed by atoms with E-state index >= 15 is 0 Å². The van der Waals surface area contributed by atoms with Crippen molar-refractivity contribution in [3.8, 4) is 0 Å². The summed E-state index contributed by atoms with van der Waals surface area (Å²) in [4.78, 5) is 28.4. The normalized spacial score (nSPS) is 20.7. The average molecular weight is 310 g/mol. The number of amides is 1. The number of amidine groups is 1. The molecule has 23 heavy (non-hydrogen) atoms. The summed E-state index contributed by atoms with van der Waals surface area (Å²) in [5.41, 5.74) is -0.304. The van der Waals surface area contributed by atoms with E-state index in [1.807, 2.05) is 38.1 Å². The molecular formula is C18H18N2O3. The van der Waals surface area contributed by atoms with Crippen LogP contribution in [0.5, 0.6) is 0 Å². The molecule has 0 bridgehead atoms. The van der Waals surface area contributed by atoms with E-state index in [0.29, 0.717) is 11.4 Å². The Kier molecular flexibility index (Phi) is 3.43. The predicted molar refractivity (Wildman–Crippen MR) is 88.8 cm³/mol. The molecule has 1 amide bonds. The highest BCUT2D eigenvalue weighted by atomic mass is 16.4. The van der Waals surface area contributed by atoms with Crippen molar-refractivity contribution in [1.29, 1.82) is 0 Å². The Morgan fingerprint density at radius 1 is 1.22 bits per heavy atom. The number of benzene rings is 2. The molecule has 5 heteroatoms. The number of carboxylic acid groups (broad SMARTS) is 1. The molecule has 0 aromatic heterocycles. The van der Waals surface area contributed by atoms with E-state index in [1.54, 1.807) is 19.1 Å². The second-order valence-corrected chi connectivity index (χ2v) is 6.27. The predicted octanol–water partition coefficient (Wildman–Crippen LogP) is 2.83. The number of fused-ring (bicyclic) bond motifs is 1. The molecule has 118 valence electrons. The van der Waals surface area contributed by atoms with Crippen LogP contribution in [-0.4, -0.2) is 28.4 Å². The van der Waals surface area contributed by atoms with Crippen molar-refractivity contribution in [2.24, 2.45) is 10.9 Å². The van der Waals surface area contributed by atoms with Crippen LogP contribution < -0.4 is 5.32 Å². The molecule has 1 atom stereocenters. The van der Waals surface area contributed by atoms with Gasteiger partial charge in [-0.15, -0.1) is 0 Å². The highest BCUT2D eigenvalue weighted by Crippen LogP contribution is 2.29. The molecule has 2 aromatic carbocycles. The minimum Gasteiger partial charge on any atom is -0.478 e. The summed E-state index contributed by atoms with van der Waals surface area (Å²) < 4.78 is 0. The van der Waals surface area contributed by atoms with Gasteiger partial charge in [-0.3, -0.25) is 9.79 Å². The molecule has 5 nitrogen and oxygen atoms in total. The van der Waals surface area contributed by atoms with Crippen LogP contribution >= 0.6 is 0 Å². The van der Waals surface area contributed by atoms with E-state index in [2.05, 4.69) is 10.3 Å². The van der Waals surface area contributed by atoms with E-state index < -0.39 is 11.5 Å². The van der Waals surface area contributed by atoms with Crippen LogP contribution in [0.4, 0.5) is 0 Å². The Labute approximate surface area is 134 Å². The third kappa shape index (κ3) is 2.38. The molecule has 2 aromatic rings. The van der Waals surface area contributed by atoms with Crippen LogP contribution in [0.25, 0.3) is 10.8 Å². The quantitative estimate of drug-likeness (QED) is 0.915. The minimum atomic E-state index is -1.04. The summed E-state index contributed by atoms with van der Waals surface area (Å²) in [7, 11) is 0. The Balaban J connectivity index is 2.22. The number of carbonyl (C=O) groups excluding carboxylic acids is 1. The molecule has 0 saturated carbocycles. The zero-order valence-electron chi connectivity index (χ0n) is 13.3. The Hall–Kier alpha value is -2.69. The van der Waals surface area contributed by atoms with Crippen molar-refractivity contribution in [1.82, 2.24) is 5.32 Å². The number of carbonyl (C=O) groups is 2. The van der Waals surface area contributed by atoms with Gasteiger partial charge in [0.1, 0.15) is 11.4 Å². The van der Waals surface area contributed by atoms with E-state index in [9.17, 15) is 14.7 Å². The van der Waals surface area contributed by atoms with Crippen LogP contribution in [0.1, 0.15) is 36.7 Å². The van der Waals surface area contributed by atoms with E-state index in [4.69, 9.17) is 0 Å². The monoisotopic (exact) mass is 310 g/mol. The molecule has 0 radical (unpaired) electrons. The SMILES string of the molecule is CC(C)C1(C)N=C(c2cc3ccccc3cc2C(=O)O)NC1=O. The number of rotatable bonds is 3. The second kappa shape index (κ2) is 5.19. The lowest BCUT2D eigenvalue weighted by molar-refractivity contribution is -0.124. The van der Waals surface area contributed by atoms with Crippen molar-refractivity contribution in [3.63, 3.8) is 0 Å². The number of hydrogen-bond donors (Lipinski definition) is 2. The number of aromatic carboxylic acids is 1. The second-order valence-electron chi connectivity index (χ2n) is 6.27. The average Bonchev–Trinajstić information content (AvgIpc) is 2.82. The smallest absolute Gasteiger partial charge is 0.336 e. The summed E-state index contributed by atoms with van der Waals surface area (Å²) >= 11 is 0. The van der Waals surface area contributed by atoms with Gasteiger partial charge in [0.05, 0.1) is 5.56 Å². The highest BCUT2D eigenvalue weighted by molar-refractivity contribution is 6.19. The van der Waals surface area contributed by atoms with Gasteiger partial charge in [0.25, 0.3) is 5.91 Å². The highest BCUT2D eigenvalue weighted by Gasteiger charge is 2.42. The summed E-state index contributed by atoms with van der Waals surface area (Å²) in [6.45, 7) is 5.61. The van der Waals surface area contributed by atoms with Crippen LogP contribution in [0.3, 0.4) is 0 Å². The number of aliphatic imine (C=N–C) groups is 1. The Morgan fingerprint density at radius 2 is 1.83 bits per heavy atom. The fourth-order valence-electron chi connectivity index (χ4n) is 2.68. The van der Waals surface area contributed by atoms with Gasteiger partial charge in [-0.1, -0.05) is 38.1 Å². The van der Waals surface area contributed by atoms with Gasteiger partial charge in [0, 0.05) is 5.56 Å². The molecule has 3 rings (SSSR count). The van der Waals surface area contributed by atoms with Crippen molar-refractivity contribution >= 4 is 28.5 Å². The molecule has 1 aliphatic heterocycles. The summed E-state index contributed by atoms with van der Waals surface area (Å²) in [6.07, 6.45) is 0. The lowest BCUT2D eigenvalue weighted by atomic mass is 9.89. The van der Waals surface area contributed by atoms with Crippen molar-refractivity contribution < 1.29 is 14.7 Å². The Morgan fingerprint density at radius 3 is 2.35 bits per heavy atom. The molecule has 0 fully saturated rings. The molecule has 0 spiro atoms. The van der Waals surface area contributed by atoms with Crippen LogP contribution in [0, 0.1) is 5.92 Å². The molecule has 0 aliphatic carbocycles. The first kappa shape index (κ1) is 15.2. The van der Waals surface area contributed by atoms with Gasteiger partial charge in [-0.25, -0.2) is 4.79 Å². The third-order valence-corrected chi connectivity index (χ3v) is 4.53. The zero-order chi connectivity index (χ0) is 16.8. The first-order valence-electron chi connectivity index (χ1n) is 7.50. The summed E-state index contributed by atoms with van der Waals surface area (Å²) in [5, 5.41) is 14.0. The standard InChI is InChI=1S/C18H18N2O3/c1-10(2)18(3)17(23)19-15(20-18)13-8-11-6-4-5-7-12(11)9-14(13)16(21)22/h4-10H,1-3H3,(H,21,22)(H,19,20,23). The molecule has 1 heterocycles. The fraction of sp³-hybridized carbons (Fsp3) is 0.278. The van der Waals surface area contributed by atoms with Crippen LogP contribution in [0.15, 0.2) is 41.4 Å². The molecule has 2 N–H and O–H groups in total. The van der Waals surface area contributed by atoms with Crippen molar-refractivity contribution in [2.45, 2.75) is 26.3 Å². The van der Waals surface area contributed by atoms with Gasteiger partial charge in [-0.2, -0.15) is 0 Å². The molecule has 1 aliphatic rings. The minimum absolute atomic E-state index is 0.00809. The topological polar surface area (TPSA) is 78.8 Å². The number of hydrogen-bond acceptors (Lipinski definition) is 3. The number of nitrogens with zero attached hydrogens (tertiary/aromatic N) is 1. The molecular weight excluding hydrogens is 292 g/mol. The van der Waals surface area contributed by atoms with Gasteiger partial charge >= 0.3 is 5.97 Å². The molecule has 0 saturated heterocycles. The summed E-state index contributed by atoms with van der Waals surface area (Å²) in [6, 6.07) is 10.9. The third-order valence-electron chi connectivity index (χ3n) is 4.53. The maximum Gasteiger partial charge on any atom is 0.336 e. The number of nitrogens with one attached hydrogen (secondary N) is 1. The van der Waals surface area contributed by atoms with E-state index in [0.717, 1.165) is 10.8 Å². The summed E-state index contributed by atoms with van der Waals surface area (Å²) in [5.74, 6) is -0.907. The van der Waals surface area contributed by atoms with Crippen LogP contribution in [-0.2, 0) is 4.79 Å². The maximum atomic E-state index is 12.3. The van der Waals surface area contributed by atoms with Gasteiger partial charge in [0.2, 0.25) is 0 Å². The van der Waals surface area contributed by atoms with Crippen molar-refractivity contribution in [2.75, 3.05) is 0 Å². The van der Waals surface area contributed by atoms with Gasteiger partial charge in [0.15, 0.2) is 0 Å². The number of carboxylic acids is 1. The molecule has 1 unspecified atom stereocenters. The van der Waals surface area contributed by atoms with E-state index in [-0.39, 0.29) is 17.4 Å². The Bertz CT molecular complexity index is 854.